The molecule has 9 rings (SSSR count). The summed E-state index contributed by atoms with van der Waals surface area (Å²) in [6.07, 6.45) is 1.93. The lowest BCUT2D eigenvalue weighted by atomic mass is 9.79. The van der Waals surface area contributed by atoms with Crippen LogP contribution in [0.3, 0.4) is 0 Å². The first-order valence-corrected chi connectivity index (χ1v) is 22.3. The summed E-state index contributed by atoms with van der Waals surface area (Å²) < 4.78 is 4.60. The zero-order valence-electron chi connectivity index (χ0n) is 39.0. The van der Waals surface area contributed by atoms with Crippen molar-refractivity contribution in [2.24, 2.45) is 0 Å². The molecule has 0 aliphatic carbocycles. The lowest BCUT2D eigenvalue weighted by Crippen LogP contribution is -2.17. The molecule has 6 aromatic carbocycles. The van der Waals surface area contributed by atoms with Gasteiger partial charge in [0.1, 0.15) is 17.4 Å². The van der Waals surface area contributed by atoms with Crippen molar-refractivity contribution in [2.45, 2.75) is 105 Å². The number of nitrogens with zero attached hydrogens (tertiary/aromatic N) is 4. The van der Waals surface area contributed by atoms with Crippen molar-refractivity contribution >= 4 is 32.8 Å². The fourth-order valence-corrected chi connectivity index (χ4v) is 9.00. The van der Waals surface area contributed by atoms with Crippen LogP contribution < -0.4 is 0 Å². The summed E-state index contributed by atoms with van der Waals surface area (Å²) >= 11 is 0. The molecule has 9 aromatic rings. The Kier molecular flexibility index (Phi) is 9.86. The number of rotatable bonds is 5. The van der Waals surface area contributed by atoms with E-state index >= 15 is 0 Å². The van der Waals surface area contributed by atoms with Gasteiger partial charge in [0, 0.05) is 33.7 Å². The second-order valence-electron chi connectivity index (χ2n) is 21.4. The smallest absolute Gasteiger partial charge is 0.149 e. The van der Waals surface area contributed by atoms with Gasteiger partial charge in [-0.3, -0.25) is 9.13 Å². The van der Waals surface area contributed by atoms with E-state index < -0.39 is 0 Å². The first-order valence-electron chi connectivity index (χ1n) is 22.3. The monoisotopic (exact) mass is 828 g/mol. The van der Waals surface area contributed by atoms with Crippen LogP contribution in [-0.4, -0.2) is 24.2 Å². The van der Waals surface area contributed by atoms with Gasteiger partial charge in [0.15, 0.2) is 0 Å². The second-order valence-corrected chi connectivity index (χ2v) is 21.4. The zero-order valence-corrected chi connectivity index (χ0v) is 39.0. The molecule has 0 saturated heterocycles. The average molecular weight is 829 g/mol. The van der Waals surface area contributed by atoms with Crippen molar-refractivity contribution in [2.75, 3.05) is 0 Å². The lowest BCUT2D eigenvalue weighted by Gasteiger charge is -2.28. The van der Waals surface area contributed by atoms with Gasteiger partial charge in [0.2, 0.25) is 0 Å². The van der Waals surface area contributed by atoms with Gasteiger partial charge in [0.25, 0.3) is 0 Å². The summed E-state index contributed by atoms with van der Waals surface area (Å²) in [5.41, 5.74) is 13.9. The molecule has 0 spiro atoms. The van der Waals surface area contributed by atoms with Gasteiger partial charge in [-0.15, -0.1) is 0 Å². The third-order valence-electron chi connectivity index (χ3n) is 12.7. The summed E-state index contributed by atoms with van der Waals surface area (Å²) in [5, 5.41) is 14.9. The van der Waals surface area contributed by atoms with Crippen LogP contribution >= 0.6 is 0 Å². The highest BCUT2D eigenvalue weighted by atomic mass is 16.3. The van der Waals surface area contributed by atoms with E-state index in [2.05, 4.69) is 226 Å². The molecule has 0 aliphatic heterocycles. The van der Waals surface area contributed by atoms with E-state index in [0.29, 0.717) is 11.4 Å². The molecule has 0 unspecified atom stereocenters. The number of hydrogen-bond donors (Lipinski definition) is 1. The van der Waals surface area contributed by atoms with E-state index in [1.54, 1.807) is 0 Å². The summed E-state index contributed by atoms with van der Waals surface area (Å²) in [6, 6.07) is 48.1. The van der Waals surface area contributed by atoms with Crippen LogP contribution in [0.4, 0.5) is 0 Å². The van der Waals surface area contributed by atoms with Crippen LogP contribution in [0.2, 0.25) is 0 Å². The lowest BCUT2D eigenvalue weighted by molar-refractivity contribution is 0.446. The van der Waals surface area contributed by atoms with E-state index in [1.165, 1.54) is 21.9 Å². The molecule has 5 heteroatoms. The average Bonchev–Trinajstić information content (AvgIpc) is 3.78. The van der Waals surface area contributed by atoms with Gasteiger partial charge in [0.05, 0.1) is 33.3 Å². The molecular formula is C58H60N4O. The van der Waals surface area contributed by atoms with Gasteiger partial charge >= 0.3 is 0 Å². The van der Waals surface area contributed by atoms with Crippen molar-refractivity contribution in [1.29, 1.82) is 0 Å². The predicted octanol–water partition coefficient (Wildman–Crippen LogP) is 15.4. The van der Waals surface area contributed by atoms with Crippen molar-refractivity contribution in [3.63, 3.8) is 0 Å². The standard InChI is InChI=1S/C58H60N4O/c1-55(2,3)38-26-28-48(44(32-38)36-19-14-13-15-20-36)62-49-24-18-22-41(52(49)60-54(62)45-33-40(57(7,8)9)34-46(53(45)63)58(10,11)12)37-25-27-43-42-21-16-17-23-47(42)61(50(43)31-37)51-35-39(29-30-59-51)56(4,5)6/h13-35,63H,1-12H3. The highest BCUT2D eigenvalue weighted by Crippen LogP contribution is 2.46. The van der Waals surface area contributed by atoms with Gasteiger partial charge in [-0.1, -0.05) is 168 Å². The maximum absolute atomic E-state index is 12.5. The second kappa shape index (κ2) is 14.8. The maximum Gasteiger partial charge on any atom is 0.149 e. The third kappa shape index (κ3) is 7.41. The fraction of sp³-hybridized carbons (Fsp3) is 0.276. The quantitative estimate of drug-likeness (QED) is 0.188. The van der Waals surface area contributed by atoms with E-state index in [0.717, 1.165) is 67.0 Å². The van der Waals surface area contributed by atoms with Crippen LogP contribution in [0.15, 0.2) is 140 Å². The van der Waals surface area contributed by atoms with Gasteiger partial charge < -0.3 is 5.11 Å². The highest BCUT2D eigenvalue weighted by molar-refractivity contribution is 6.11. The normalized spacial score (nSPS) is 12.8. The summed E-state index contributed by atoms with van der Waals surface area (Å²) in [4.78, 5) is 10.6. The first-order chi connectivity index (χ1) is 29.7. The Morgan fingerprint density at radius 1 is 0.444 bits per heavy atom. The van der Waals surface area contributed by atoms with Gasteiger partial charge in [-0.25, -0.2) is 9.97 Å². The molecule has 1 N–H and O–H groups in total. The number of phenols is 1. The zero-order chi connectivity index (χ0) is 44.8. The molecule has 0 atom stereocenters. The molecule has 0 bridgehead atoms. The minimum absolute atomic E-state index is 0.0320. The third-order valence-corrected chi connectivity index (χ3v) is 12.7. The molecule has 5 nitrogen and oxygen atoms in total. The molecule has 63 heavy (non-hydrogen) atoms. The van der Waals surface area contributed by atoms with Crippen molar-refractivity contribution in [1.82, 2.24) is 19.1 Å². The minimum Gasteiger partial charge on any atom is -0.507 e. The molecule has 0 saturated carbocycles. The number of imidazole rings is 1. The summed E-state index contributed by atoms with van der Waals surface area (Å²) in [7, 11) is 0. The summed E-state index contributed by atoms with van der Waals surface area (Å²) in [6.45, 7) is 26.7. The minimum atomic E-state index is -0.319. The predicted molar refractivity (Wildman–Crippen MR) is 266 cm³/mol. The number of benzene rings is 6. The Labute approximate surface area is 373 Å². The first kappa shape index (κ1) is 41.9. The molecule has 3 aromatic heterocycles. The number of aromatic nitrogens is 4. The van der Waals surface area contributed by atoms with Crippen LogP contribution in [0.25, 0.3) is 78.0 Å². The molecule has 0 amide bonds. The number of phenolic OH excluding ortho intramolecular Hbond substituents is 1. The van der Waals surface area contributed by atoms with Crippen LogP contribution in [0, 0.1) is 0 Å². The van der Waals surface area contributed by atoms with Crippen LogP contribution in [0.1, 0.15) is 105 Å². The van der Waals surface area contributed by atoms with Crippen molar-refractivity contribution < 1.29 is 5.11 Å². The largest absolute Gasteiger partial charge is 0.507 e. The number of aromatic hydroxyl groups is 1. The number of hydrogen-bond acceptors (Lipinski definition) is 3. The topological polar surface area (TPSA) is 55.9 Å². The molecule has 0 radical (unpaired) electrons. The summed E-state index contributed by atoms with van der Waals surface area (Å²) in [5.74, 6) is 1.86. The molecule has 0 aliphatic rings. The Balaban J connectivity index is 1.38. The van der Waals surface area contributed by atoms with Crippen molar-refractivity contribution in [3.8, 4) is 50.9 Å². The van der Waals surface area contributed by atoms with Gasteiger partial charge in [-0.2, -0.15) is 0 Å². The number of fused-ring (bicyclic) bond motifs is 4. The molecule has 3 heterocycles. The van der Waals surface area contributed by atoms with E-state index in [4.69, 9.17) is 9.97 Å². The van der Waals surface area contributed by atoms with E-state index in [9.17, 15) is 5.11 Å². The SMILES string of the molecule is CC(C)(C)c1ccnc(-n2c3ccccc3c3ccc(-c4cccc5c4nc(-c4cc(C(C)(C)C)cc(C(C)(C)C)c4O)n5-c4ccc(C(C)(C)C)cc4-c4ccccc4)cc32)c1. The maximum atomic E-state index is 12.5. The Bertz CT molecular complexity index is 3210. The number of pyridine rings is 1. The Hall–Kier alpha value is -6.46. The Morgan fingerprint density at radius 3 is 1.78 bits per heavy atom. The van der Waals surface area contributed by atoms with Crippen molar-refractivity contribution in [3.05, 3.63) is 162 Å². The molecule has 0 fully saturated rings. The molecule has 318 valence electrons. The van der Waals surface area contributed by atoms with E-state index in [-0.39, 0.29) is 27.4 Å². The van der Waals surface area contributed by atoms with E-state index in [1.807, 2.05) is 6.20 Å². The molecular weight excluding hydrogens is 769 g/mol. The highest BCUT2D eigenvalue weighted by Gasteiger charge is 2.30. The van der Waals surface area contributed by atoms with Gasteiger partial charge in [-0.05, 0) is 98.0 Å². The van der Waals surface area contributed by atoms with Crippen LogP contribution in [-0.2, 0) is 21.7 Å². The fourth-order valence-electron chi connectivity index (χ4n) is 9.00. The number of para-hydroxylation sites is 2. The Morgan fingerprint density at radius 2 is 1.08 bits per heavy atom. The van der Waals surface area contributed by atoms with Crippen LogP contribution in [0.5, 0.6) is 5.75 Å².